The zero-order valence-corrected chi connectivity index (χ0v) is 19.4. The lowest BCUT2D eigenvalue weighted by Crippen LogP contribution is -2.54. The van der Waals surface area contributed by atoms with Gasteiger partial charge in [-0.15, -0.1) is 0 Å². The molecule has 0 unspecified atom stereocenters. The van der Waals surface area contributed by atoms with Crippen molar-refractivity contribution in [2.45, 2.75) is 23.5 Å². The molecule has 0 radical (unpaired) electrons. The van der Waals surface area contributed by atoms with Gasteiger partial charge >= 0.3 is 0 Å². The van der Waals surface area contributed by atoms with Crippen LogP contribution in [0.15, 0.2) is 53.4 Å². The molecule has 2 aliphatic rings. The first-order chi connectivity index (χ1) is 16.2. The summed E-state index contributed by atoms with van der Waals surface area (Å²) in [6.07, 6.45) is -0.966. The molecule has 11 nitrogen and oxygen atoms in total. The number of benzene rings is 2. The van der Waals surface area contributed by atoms with E-state index in [2.05, 4.69) is 4.90 Å². The lowest BCUT2D eigenvalue weighted by molar-refractivity contribution is -0.384. The van der Waals surface area contributed by atoms with E-state index in [-0.39, 0.29) is 29.5 Å². The summed E-state index contributed by atoms with van der Waals surface area (Å²) in [5.41, 5.74) is 0.773. The Morgan fingerprint density at radius 2 is 1.68 bits per heavy atom. The van der Waals surface area contributed by atoms with Crippen LogP contribution in [0.1, 0.15) is 6.42 Å². The Morgan fingerprint density at radius 1 is 1.06 bits per heavy atom. The first-order valence-corrected chi connectivity index (χ1v) is 12.3. The molecule has 2 saturated heterocycles. The van der Waals surface area contributed by atoms with Crippen LogP contribution in [0.2, 0.25) is 0 Å². The number of carbonyl (C=O) groups is 1. The molecule has 2 aliphatic heterocycles. The van der Waals surface area contributed by atoms with Crippen LogP contribution in [0.3, 0.4) is 0 Å². The topological polar surface area (TPSA) is 134 Å². The molecule has 182 valence electrons. The standard InChI is InChI=1S/C22H26N4O7S/c1-33-19-6-2-16(3-7-19)23-10-12-24(13-11-23)22(28)21-14-18(27)15-25(21)34(31,32)20-8-4-17(5-9-20)26(29)30/h2-9,18,21,27H,10-15H2,1H3/t18-,21+/m0/s1. The third-order valence-electron chi connectivity index (χ3n) is 6.20. The summed E-state index contributed by atoms with van der Waals surface area (Å²) in [6.45, 7) is 1.80. The molecule has 1 amide bonds. The number of β-amino-alcohol motifs (C(OH)–C–C–N with tert-alkyl or cyclic N) is 1. The Balaban J connectivity index is 1.46. The highest BCUT2D eigenvalue weighted by Gasteiger charge is 2.45. The molecule has 2 aromatic carbocycles. The van der Waals surface area contributed by atoms with Gasteiger partial charge in [-0.3, -0.25) is 14.9 Å². The SMILES string of the molecule is COc1ccc(N2CCN(C(=O)[C@H]3C[C@H](O)CN3S(=O)(=O)c3ccc([N+](=O)[O-])cc3)CC2)cc1. The third kappa shape index (κ3) is 4.69. The van der Waals surface area contributed by atoms with Crippen LogP contribution in [-0.4, -0.2) is 85.5 Å². The number of ether oxygens (including phenoxy) is 1. The first kappa shape index (κ1) is 23.9. The molecule has 2 heterocycles. The van der Waals surface area contributed by atoms with E-state index in [4.69, 9.17) is 4.74 Å². The van der Waals surface area contributed by atoms with Crippen molar-refractivity contribution in [3.8, 4) is 5.75 Å². The summed E-state index contributed by atoms with van der Waals surface area (Å²) < 4.78 is 32.6. The summed E-state index contributed by atoms with van der Waals surface area (Å²) >= 11 is 0. The summed E-state index contributed by atoms with van der Waals surface area (Å²) in [6, 6.07) is 11.1. The molecular formula is C22H26N4O7S. The fourth-order valence-electron chi connectivity index (χ4n) is 4.34. The molecule has 4 rings (SSSR count). The summed E-state index contributed by atoms with van der Waals surface area (Å²) in [5.74, 6) is 0.406. The van der Waals surface area contributed by atoms with Gasteiger partial charge in [0.2, 0.25) is 15.9 Å². The summed E-state index contributed by atoms with van der Waals surface area (Å²) in [7, 11) is -2.52. The highest BCUT2D eigenvalue weighted by atomic mass is 32.2. The van der Waals surface area contributed by atoms with Crippen LogP contribution in [0.25, 0.3) is 0 Å². The molecular weight excluding hydrogens is 464 g/mol. The maximum atomic E-state index is 13.3. The van der Waals surface area contributed by atoms with Crippen molar-refractivity contribution >= 4 is 27.3 Å². The molecule has 12 heteroatoms. The number of nitro groups is 1. The van der Waals surface area contributed by atoms with Gasteiger partial charge in [0.15, 0.2) is 0 Å². The van der Waals surface area contributed by atoms with Crippen LogP contribution in [0.4, 0.5) is 11.4 Å². The maximum Gasteiger partial charge on any atom is 0.269 e. The number of hydrogen-bond donors (Lipinski definition) is 1. The lowest BCUT2D eigenvalue weighted by atomic mass is 10.1. The Kier molecular flexibility index (Phi) is 6.73. The Morgan fingerprint density at radius 3 is 2.24 bits per heavy atom. The maximum absolute atomic E-state index is 13.3. The van der Waals surface area contributed by atoms with E-state index >= 15 is 0 Å². The van der Waals surface area contributed by atoms with Crippen molar-refractivity contribution in [1.82, 2.24) is 9.21 Å². The van der Waals surface area contributed by atoms with Gasteiger partial charge in [-0.1, -0.05) is 0 Å². The zero-order chi connectivity index (χ0) is 24.5. The highest BCUT2D eigenvalue weighted by molar-refractivity contribution is 7.89. The Labute approximate surface area is 197 Å². The van der Waals surface area contributed by atoms with Crippen molar-refractivity contribution in [3.05, 3.63) is 58.6 Å². The number of sulfonamides is 1. The van der Waals surface area contributed by atoms with Crippen molar-refractivity contribution in [3.63, 3.8) is 0 Å². The minimum atomic E-state index is -4.13. The number of hydrogen-bond acceptors (Lipinski definition) is 8. The van der Waals surface area contributed by atoms with Crippen LogP contribution < -0.4 is 9.64 Å². The van der Waals surface area contributed by atoms with E-state index in [1.807, 2.05) is 24.3 Å². The second kappa shape index (κ2) is 9.57. The second-order valence-electron chi connectivity index (χ2n) is 8.24. The van der Waals surface area contributed by atoms with Crippen molar-refractivity contribution in [2.75, 3.05) is 44.7 Å². The van der Waals surface area contributed by atoms with Crippen LogP contribution in [0, 0.1) is 10.1 Å². The average molecular weight is 491 g/mol. The smallest absolute Gasteiger partial charge is 0.269 e. The van der Waals surface area contributed by atoms with Gasteiger partial charge < -0.3 is 19.6 Å². The predicted octanol–water partition coefficient (Wildman–Crippen LogP) is 1.08. The molecule has 2 fully saturated rings. The van der Waals surface area contributed by atoms with Gasteiger partial charge in [0.25, 0.3) is 5.69 Å². The Bertz CT molecular complexity index is 1150. The number of non-ortho nitro benzene ring substituents is 1. The van der Waals surface area contributed by atoms with Crippen molar-refractivity contribution in [1.29, 1.82) is 0 Å². The van der Waals surface area contributed by atoms with Gasteiger partial charge in [0, 0.05) is 57.0 Å². The molecule has 0 bridgehead atoms. The van der Waals surface area contributed by atoms with Gasteiger partial charge in [0.1, 0.15) is 11.8 Å². The number of nitrogens with zero attached hydrogens (tertiary/aromatic N) is 4. The van der Waals surface area contributed by atoms with E-state index in [1.54, 1.807) is 12.0 Å². The largest absolute Gasteiger partial charge is 0.497 e. The predicted molar refractivity (Wildman–Crippen MR) is 123 cm³/mol. The number of anilines is 1. The zero-order valence-electron chi connectivity index (χ0n) is 18.6. The molecule has 0 saturated carbocycles. The molecule has 0 aromatic heterocycles. The molecule has 2 aromatic rings. The van der Waals surface area contributed by atoms with E-state index in [9.17, 15) is 28.4 Å². The molecule has 34 heavy (non-hydrogen) atoms. The monoisotopic (exact) mass is 490 g/mol. The molecule has 0 aliphatic carbocycles. The third-order valence-corrected chi connectivity index (χ3v) is 8.09. The quantitative estimate of drug-likeness (QED) is 0.470. The minimum absolute atomic E-state index is 0.00371. The molecule has 1 N–H and O–H groups in total. The fourth-order valence-corrected chi connectivity index (χ4v) is 5.97. The van der Waals surface area contributed by atoms with Gasteiger partial charge in [-0.2, -0.15) is 4.31 Å². The fraction of sp³-hybridized carbons (Fsp3) is 0.409. The number of piperazine rings is 1. The number of carbonyl (C=O) groups excluding carboxylic acids is 1. The number of amides is 1. The van der Waals surface area contributed by atoms with Crippen LogP contribution in [-0.2, 0) is 14.8 Å². The number of nitro benzene ring substituents is 1. The number of rotatable bonds is 6. The minimum Gasteiger partial charge on any atom is -0.497 e. The van der Waals surface area contributed by atoms with Gasteiger partial charge in [-0.25, -0.2) is 8.42 Å². The van der Waals surface area contributed by atoms with Crippen molar-refractivity contribution in [2.24, 2.45) is 0 Å². The van der Waals surface area contributed by atoms with Crippen LogP contribution in [0.5, 0.6) is 5.75 Å². The first-order valence-electron chi connectivity index (χ1n) is 10.8. The Hall–Kier alpha value is -3.22. The lowest BCUT2D eigenvalue weighted by Gasteiger charge is -2.38. The summed E-state index contributed by atoms with van der Waals surface area (Å²) in [4.78, 5) is 27.2. The van der Waals surface area contributed by atoms with E-state index < -0.39 is 27.1 Å². The van der Waals surface area contributed by atoms with Crippen LogP contribution >= 0.6 is 0 Å². The van der Waals surface area contributed by atoms with Gasteiger partial charge in [0.05, 0.1) is 23.0 Å². The van der Waals surface area contributed by atoms with E-state index in [0.717, 1.165) is 40.0 Å². The van der Waals surface area contributed by atoms with E-state index in [1.165, 1.54) is 0 Å². The number of methoxy groups -OCH3 is 1. The molecule has 0 spiro atoms. The highest BCUT2D eigenvalue weighted by Crippen LogP contribution is 2.29. The van der Waals surface area contributed by atoms with E-state index in [0.29, 0.717) is 26.2 Å². The van der Waals surface area contributed by atoms with Crippen molar-refractivity contribution < 1.29 is 28.0 Å². The molecule has 2 atom stereocenters. The normalized spacial score (nSPS) is 21.5. The average Bonchev–Trinajstić information content (AvgIpc) is 3.26. The number of aliphatic hydroxyl groups is 1. The summed E-state index contributed by atoms with van der Waals surface area (Å²) in [5, 5.41) is 21.1. The number of aliphatic hydroxyl groups excluding tert-OH is 1. The van der Waals surface area contributed by atoms with Gasteiger partial charge in [-0.05, 0) is 36.4 Å². The second-order valence-corrected chi connectivity index (χ2v) is 10.1.